The van der Waals surface area contributed by atoms with Gasteiger partial charge in [-0.2, -0.15) is 0 Å². The van der Waals surface area contributed by atoms with Crippen molar-refractivity contribution < 1.29 is 4.79 Å². The predicted octanol–water partition coefficient (Wildman–Crippen LogP) is 2.71. The molecular weight excluding hydrogens is 248 g/mol. The van der Waals surface area contributed by atoms with Crippen LogP contribution in [0.1, 0.15) is 17.5 Å². The molecule has 1 aliphatic rings. The highest BCUT2D eigenvalue weighted by Gasteiger charge is 2.16. The second-order valence-corrected chi connectivity index (χ2v) is 5.06. The van der Waals surface area contributed by atoms with Crippen LogP contribution in [0.2, 0.25) is 0 Å². The standard InChI is InChI=1S/C17H18N2O/c20-17-10-11-19(13-14-6-2-1-3-7-14)16-9-5-4-8-15(16)12-18-17/h1-9H,10-13H2,(H,18,20). The number of hydrogen-bond acceptors (Lipinski definition) is 2. The van der Waals surface area contributed by atoms with Crippen molar-refractivity contribution in [3.63, 3.8) is 0 Å². The van der Waals surface area contributed by atoms with Gasteiger partial charge in [-0.15, -0.1) is 0 Å². The van der Waals surface area contributed by atoms with Crippen LogP contribution in [0.4, 0.5) is 5.69 Å². The molecule has 1 aliphatic heterocycles. The molecular formula is C17H18N2O. The Morgan fingerprint density at radius 3 is 2.60 bits per heavy atom. The summed E-state index contributed by atoms with van der Waals surface area (Å²) >= 11 is 0. The SMILES string of the molecule is O=C1CCN(Cc2ccccc2)c2ccccc2CN1. The third kappa shape index (κ3) is 2.82. The molecule has 0 radical (unpaired) electrons. The van der Waals surface area contributed by atoms with Gasteiger partial charge in [0.25, 0.3) is 0 Å². The van der Waals surface area contributed by atoms with E-state index >= 15 is 0 Å². The van der Waals surface area contributed by atoms with Gasteiger partial charge in [-0.3, -0.25) is 4.79 Å². The van der Waals surface area contributed by atoms with Crippen LogP contribution in [0.5, 0.6) is 0 Å². The summed E-state index contributed by atoms with van der Waals surface area (Å²) in [6, 6.07) is 18.7. The van der Waals surface area contributed by atoms with Gasteiger partial charge in [-0.25, -0.2) is 0 Å². The first-order valence-electron chi connectivity index (χ1n) is 6.96. The maximum absolute atomic E-state index is 11.7. The molecule has 3 rings (SSSR count). The lowest BCUT2D eigenvalue weighted by Gasteiger charge is -2.29. The zero-order chi connectivity index (χ0) is 13.8. The summed E-state index contributed by atoms with van der Waals surface area (Å²) in [7, 11) is 0. The Bertz CT molecular complexity index is 595. The van der Waals surface area contributed by atoms with Crippen LogP contribution in [0.15, 0.2) is 54.6 Å². The molecule has 2 aromatic rings. The van der Waals surface area contributed by atoms with Gasteiger partial charge in [0.1, 0.15) is 0 Å². The van der Waals surface area contributed by atoms with Crippen LogP contribution in [0.3, 0.4) is 0 Å². The summed E-state index contributed by atoms with van der Waals surface area (Å²) in [6.07, 6.45) is 0.543. The summed E-state index contributed by atoms with van der Waals surface area (Å²) in [5.74, 6) is 0.123. The number of carbonyl (C=O) groups is 1. The fourth-order valence-electron chi connectivity index (χ4n) is 2.58. The molecule has 102 valence electrons. The number of fused-ring (bicyclic) bond motifs is 1. The van der Waals surface area contributed by atoms with Gasteiger partial charge in [-0.05, 0) is 17.2 Å². The molecule has 0 aliphatic carbocycles. The van der Waals surface area contributed by atoms with Crippen molar-refractivity contribution in [1.29, 1.82) is 0 Å². The van der Waals surface area contributed by atoms with Crippen molar-refractivity contribution in [2.45, 2.75) is 19.5 Å². The van der Waals surface area contributed by atoms with E-state index in [2.05, 4.69) is 52.7 Å². The number of carbonyl (C=O) groups excluding carboxylic acids is 1. The van der Waals surface area contributed by atoms with E-state index < -0.39 is 0 Å². The average molecular weight is 266 g/mol. The molecule has 0 fully saturated rings. The first kappa shape index (κ1) is 12.7. The summed E-state index contributed by atoms with van der Waals surface area (Å²) in [5, 5.41) is 2.96. The molecule has 3 heteroatoms. The van der Waals surface area contributed by atoms with Crippen LogP contribution in [-0.2, 0) is 17.9 Å². The van der Waals surface area contributed by atoms with Gasteiger partial charge in [0.2, 0.25) is 5.91 Å². The van der Waals surface area contributed by atoms with Crippen LogP contribution in [-0.4, -0.2) is 12.5 Å². The van der Waals surface area contributed by atoms with Crippen molar-refractivity contribution in [2.75, 3.05) is 11.4 Å². The number of anilines is 1. The molecule has 0 saturated heterocycles. The number of nitrogens with zero attached hydrogens (tertiary/aromatic N) is 1. The number of nitrogens with one attached hydrogen (secondary N) is 1. The van der Waals surface area contributed by atoms with Crippen LogP contribution >= 0.6 is 0 Å². The van der Waals surface area contributed by atoms with E-state index in [-0.39, 0.29) is 5.91 Å². The lowest BCUT2D eigenvalue weighted by atomic mass is 10.1. The highest BCUT2D eigenvalue weighted by atomic mass is 16.1. The molecule has 20 heavy (non-hydrogen) atoms. The summed E-state index contributed by atoms with van der Waals surface area (Å²) in [4.78, 5) is 14.0. The van der Waals surface area contributed by atoms with E-state index in [1.165, 1.54) is 16.8 Å². The minimum Gasteiger partial charge on any atom is -0.366 e. The molecule has 0 bridgehead atoms. The topological polar surface area (TPSA) is 32.3 Å². The van der Waals surface area contributed by atoms with Gasteiger partial charge < -0.3 is 10.2 Å². The third-order valence-electron chi connectivity index (χ3n) is 3.63. The summed E-state index contributed by atoms with van der Waals surface area (Å²) < 4.78 is 0. The van der Waals surface area contributed by atoms with Gasteiger partial charge >= 0.3 is 0 Å². The Balaban J connectivity index is 1.90. The number of hydrogen-bond donors (Lipinski definition) is 1. The van der Waals surface area contributed by atoms with Gasteiger partial charge in [0.15, 0.2) is 0 Å². The molecule has 0 aromatic heterocycles. The maximum atomic E-state index is 11.7. The molecule has 1 amide bonds. The van der Waals surface area contributed by atoms with Crippen molar-refractivity contribution in [3.05, 3.63) is 65.7 Å². The molecule has 0 atom stereocenters. The van der Waals surface area contributed by atoms with Crippen LogP contribution in [0, 0.1) is 0 Å². The Kier molecular flexibility index (Phi) is 3.68. The Morgan fingerprint density at radius 2 is 1.75 bits per heavy atom. The van der Waals surface area contributed by atoms with Crippen LogP contribution < -0.4 is 10.2 Å². The largest absolute Gasteiger partial charge is 0.366 e. The fourth-order valence-corrected chi connectivity index (χ4v) is 2.58. The fraction of sp³-hybridized carbons (Fsp3) is 0.235. The van der Waals surface area contributed by atoms with E-state index in [1.807, 2.05) is 12.1 Å². The quantitative estimate of drug-likeness (QED) is 0.906. The minimum atomic E-state index is 0.123. The van der Waals surface area contributed by atoms with Gasteiger partial charge in [-0.1, -0.05) is 48.5 Å². The molecule has 0 spiro atoms. The zero-order valence-electron chi connectivity index (χ0n) is 11.4. The third-order valence-corrected chi connectivity index (χ3v) is 3.63. The normalized spacial score (nSPS) is 15.0. The monoisotopic (exact) mass is 266 g/mol. The van der Waals surface area contributed by atoms with E-state index in [4.69, 9.17) is 0 Å². The number of rotatable bonds is 2. The van der Waals surface area contributed by atoms with Crippen molar-refractivity contribution in [3.8, 4) is 0 Å². The van der Waals surface area contributed by atoms with Crippen molar-refractivity contribution in [2.24, 2.45) is 0 Å². The van der Waals surface area contributed by atoms with E-state index in [0.29, 0.717) is 13.0 Å². The van der Waals surface area contributed by atoms with Crippen molar-refractivity contribution >= 4 is 11.6 Å². The Morgan fingerprint density at radius 1 is 1.00 bits per heavy atom. The van der Waals surface area contributed by atoms with Gasteiger partial charge in [0.05, 0.1) is 0 Å². The number of amides is 1. The summed E-state index contributed by atoms with van der Waals surface area (Å²) in [6.45, 7) is 2.20. The second kappa shape index (κ2) is 5.78. The van der Waals surface area contributed by atoms with Crippen LogP contribution in [0.25, 0.3) is 0 Å². The molecule has 1 N–H and O–H groups in total. The summed E-state index contributed by atoms with van der Waals surface area (Å²) in [5.41, 5.74) is 3.66. The first-order chi connectivity index (χ1) is 9.83. The van der Waals surface area contributed by atoms with E-state index in [9.17, 15) is 4.79 Å². The van der Waals surface area contributed by atoms with E-state index in [0.717, 1.165) is 13.1 Å². The molecule has 0 unspecified atom stereocenters. The lowest BCUT2D eigenvalue weighted by Crippen LogP contribution is -2.34. The zero-order valence-corrected chi connectivity index (χ0v) is 11.4. The highest BCUT2D eigenvalue weighted by molar-refractivity contribution is 5.77. The predicted molar refractivity (Wildman–Crippen MR) is 80.4 cm³/mol. The second-order valence-electron chi connectivity index (χ2n) is 5.06. The smallest absolute Gasteiger partial charge is 0.222 e. The number of para-hydroxylation sites is 1. The van der Waals surface area contributed by atoms with Gasteiger partial charge in [0, 0.05) is 31.7 Å². The Labute approximate surface area is 119 Å². The Hall–Kier alpha value is -2.29. The molecule has 2 aromatic carbocycles. The molecule has 0 saturated carbocycles. The van der Waals surface area contributed by atoms with E-state index in [1.54, 1.807) is 0 Å². The van der Waals surface area contributed by atoms with Crippen molar-refractivity contribution in [1.82, 2.24) is 5.32 Å². The average Bonchev–Trinajstić information content (AvgIpc) is 2.49. The lowest BCUT2D eigenvalue weighted by molar-refractivity contribution is -0.121. The minimum absolute atomic E-state index is 0.123. The first-order valence-corrected chi connectivity index (χ1v) is 6.96. The molecule has 1 heterocycles. The molecule has 3 nitrogen and oxygen atoms in total. The number of benzene rings is 2. The maximum Gasteiger partial charge on any atom is 0.222 e. The highest BCUT2D eigenvalue weighted by Crippen LogP contribution is 2.24.